The number of halogens is 1. The molecule has 0 unspecified atom stereocenters. The first kappa shape index (κ1) is 17.4. The molecule has 0 bridgehead atoms. The lowest BCUT2D eigenvalue weighted by Gasteiger charge is -2.11. The Hall–Kier alpha value is -3.03. The first-order chi connectivity index (χ1) is 13.2. The zero-order valence-electron chi connectivity index (χ0n) is 14.5. The molecule has 0 aliphatic rings. The number of aliphatic hydroxyl groups is 1. The SMILES string of the molecule is O=c1c2cc(F)ccc2oc2c(NCCNCCO)nc3ccccc3c12. The molecule has 4 rings (SSSR count). The van der Waals surface area contributed by atoms with Crippen LogP contribution in [0.15, 0.2) is 51.7 Å². The fraction of sp³-hybridized carbons (Fsp3) is 0.200. The topological polar surface area (TPSA) is 87.4 Å². The number of benzene rings is 2. The fourth-order valence-corrected chi connectivity index (χ4v) is 3.13. The van der Waals surface area contributed by atoms with Crippen molar-refractivity contribution in [1.29, 1.82) is 0 Å². The molecule has 7 heteroatoms. The van der Waals surface area contributed by atoms with Crippen LogP contribution in [0.1, 0.15) is 0 Å². The van der Waals surface area contributed by atoms with Crippen LogP contribution in [0, 0.1) is 5.82 Å². The first-order valence-corrected chi connectivity index (χ1v) is 8.69. The summed E-state index contributed by atoms with van der Waals surface area (Å²) in [7, 11) is 0. The van der Waals surface area contributed by atoms with Gasteiger partial charge in [-0.2, -0.15) is 0 Å². The minimum Gasteiger partial charge on any atom is -0.452 e. The van der Waals surface area contributed by atoms with E-state index in [1.54, 1.807) is 6.07 Å². The maximum absolute atomic E-state index is 13.6. The van der Waals surface area contributed by atoms with Gasteiger partial charge in [0.25, 0.3) is 0 Å². The Morgan fingerprint density at radius 1 is 1.07 bits per heavy atom. The molecule has 0 fully saturated rings. The van der Waals surface area contributed by atoms with E-state index in [4.69, 9.17) is 9.52 Å². The van der Waals surface area contributed by atoms with Crippen molar-refractivity contribution < 1.29 is 13.9 Å². The third-order valence-corrected chi connectivity index (χ3v) is 4.36. The average molecular weight is 367 g/mol. The van der Waals surface area contributed by atoms with Gasteiger partial charge in [0.05, 0.1) is 22.9 Å². The molecule has 0 amide bonds. The number of anilines is 1. The summed E-state index contributed by atoms with van der Waals surface area (Å²) in [5.41, 5.74) is 1.03. The van der Waals surface area contributed by atoms with Crippen molar-refractivity contribution in [2.75, 3.05) is 31.6 Å². The number of nitrogens with zero attached hydrogens (tertiary/aromatic N) is 1. The minimum atomic E-state index is -0.485. The summed E-state index contributed by atoms with van der Waals surface area (Å²) in [4.78, 5) is 17.7. The second kappa shape index (κ2) is 7.30. The van der Waals surface area contributed by atoms with Crippen molar-refractivity contribution in [2.45, 2.75) is 0 Å². The van der Waals surface area contributed by atoms with Crippen LogP contribution in [0.25, 0.3) is 32.8 Å². The van der Waals surface area contributed by atoms with Crippen molar-refractivity contribution in [3.05, 3.63) is 58.5 Å². The monoisotopic (exact) mass is 367 g/mol. The minimum absolute atomic E-state index is 0.0641. The zero-order valence-corrected chi connectivity index (χ0v) is 14.5. The lowest BCUT2D eigenvalue weighted by molar-refractivity contribution is 0.293. The summed E-state index contributed by atoms with van der Waals surface area (Å²) in [5, 5.41) is 16.3. The highest BCUT2D eigenvalue weighted by Crippen LogP contribution is 2.30. The molecule has 138 valence electrons. The van der Waals surface area contributed by atoms with Crippen LogP contribution in [0.5, 0.6) is 0 Å². The maximum atomic E-state index is 13.6. The van der Waals surface area contributed by atoms with Crippen LogP contribution in [0.2, 0.25) is 0 Å². The van der Waals surface area contributed by atoms with Crippen LogP contribution in [0.4, 0.5) is 10.2 Å². The molecule has 0 atom stereocenters. The van der Waals surface area contributed by atoms with Gasteiger partial charge < -0.3 is 20.2 Å². The lowest BCUT2D eigenvalue weighted by Crippen LogP contribution is -2.25. The number of rotatable bonds is 6. The number of hydrogen-bond donors (Lipinski definition) is 3. The van der Waals surface area contributed by atoms with Gasteiger partial charge in [-0.3, -0.25) is 4.79 Å². The molecule has 2 heterocycles. The van der Waals surface area contributed by atoms with Gasteiger partial charge in [-0.15, -0.1) is 0 Å². The van der Waals surface area contributed by atoms with Gasteiger partial charge in [0.15, 0.2) is 11.4 Å². The number of aromatic nitrogens is 1. The molecule has 3 N–H and O–H groups in total. The Morgan fingerprint density at radius 3 is 2.78 bits per heavy atom. The lowest BCUT2D eigenvalue weighted by atomic mass is 10.1. The van der Waals surface area contributed by atoms with Crippen molar-refractivity contribution in [2.24, 2.45) is 0 Å². The molecule has 0 saturated carbocycles. The van der Waals surface area contributed by atoms with Crippen LogP contribution in [0.3, 0.4) is 0 Å². The van der Waals surface area contributed by atoms with E-state index in [0.717, 1.165) is 0 Å². The summed E-state index contributed by atoms with van der Waals surface area (Å²) in [6.45, 7) is 1.71. The van der Waals surface area contributed by atoms with E-state index in [1.807, 2.05) is 18.2 Å². The van der Waals surface area contributed by atoms with Gasteiger partial charge >= 0.3 is 0 Å². The largest absolute Gasteiger partial charge is 0.452 e. The van der Waals surface area contributed by atoms with E-state index in [9.17, 15) is 9.18 Å². The number of hydrogen-bond acceptors (Lipinski definition) is 6. The van der Waals surface area contributed by atoms with Gasteiger partial charge in [-0.1, -0.05) is 18.2 Å². The van der Waals surface area contributed by atoms with Gasteiger partial charge in [-0.25, -0.2) is 9.37 Å². The van der Waals surface area contributed by atoms with Gasteiger partial charge in [0, 0.05) is 25.0 Å². The third kappa shape index (κ3) is 3.22. The molecule has 0 aliphatic heterocycles. The van der Waals surface area contributed by atoms with Crippen molar-refractivity contribution >= 4 is 38.7 Å². The normalized spacial score (nSPS) is 11.5. The number of fused-ring (bicyclic) bond motifs is 4. The molecule has 2 aromatic heterocycles. The molecular weight excluding hydrogens is 349 g/mol. The summed E-state index contributed by atoms with van der Waals surface area (Å²) < 4.78 is 19.6. The molecular formula is C20H18FN3O3. The highest BCUT2D eigenvalue weighted by molar-refractivity contribution is 6.10. The quantitative estimate of drug-likeness (QED) is 0.276. The fourth-order valence-electron chi connectivity index (χ4n) is 3.13. The standard InChI is InChI=1S/C20H18FN3O3/c21-12-5-6-16-14(11-12)18(26)17-13-3-1-2-4-15(13)24-20(19(17)27-16)23-8-7-22-9-10-25/h1-6,11,22,25H,7-10H2,(H,23,24). The number of nitrogens with one attached hydrogen (secondary N) is 2. The maximum Gasteiger partial charge on any atom is 0.201 e. The Labute approximate surface area is 153 Å². The number of aliphatic hydroxyl groups excluding tert-OH is 1. The average Bonchev–Trinajstić information content (AvgIpc) is 2.68. The van der Waals surface area contributed by atoms with E-state index in [-0.39, 0.29) is 17.4 Å². The molecule has 0 radical (unpaired) electrons. The van der Waals surface area contributed by atoms with Gasteiger partial charge in [-0.05, 0) is 24.3 Å². The van der Waals surface area contributed by atoms with Crippen LogP contribution in [-0.4, -0.2) is 36.3 Å². The molecule has 0 saturated heterocycles. The van der Waals surface area contributed by atoms with Crippen molar-refractivity contribution in [1.82, 2.24) is 10.3 Å². The van der Waals surface area contributed by atoms with Crippen molar-refractivity contribution in [3.63, 3.8) is 0 Å². The van der Waals surface area contributed by atoms with E-state index in [1.165, 1.54) is 18.2 Å². The Kier molecular flexibility index (Phi) is 4.70. The summed E-state index contributed by atoms with van der Waals surface area (Å²) in [6, 6.07) is 11.2. The molecule has 0 aliphatic carbocycles. The Morgan fingerprint density at radius 2 is 1.93 bits per heavy atom. The van der Waals surface area contributed by atoms with E-state index in [0.29, 0.717) is 52.9 Å². The zero-order chi connectivity index (χ0) is 18.8. The smallest absolute Gasteiger partial charge is 0.201 e. The highest BCUT2D eigenvalue weighted by Gasteiger charge is 2.16. The van der Waals surface area contributed by atoms with E-state index < -0.39 is 5.82 Å². The third-order valence-electron chi connectivity index (χ3n) is 4.36. The molecule has 27 heavy (non-hydrogen) atoms. The molecule has 2 aromatic carbocycles. The van der Waals surface area contributed by atoms with Crippen molar-refractivity contribution in [3.8, 4) is 0 Å². The second-order valence-electron chi connectivity index (χ2n) is 6.15. The van der Waals surface area contributed by atoms with Gasteiger partial charge in [0.2, 0.25) is 5.43 Å². The number of pyridine rings is 1. The first-order valence-electron chi connectivity index (χ1n) is 8.69. The molecule has 6 nitrogen and oxygen atoms in total. The van der Waals surface area contributed by atoms with Crippen LogP contribution >= 0.6 is 0 Å². The molecule has 0 spiro atoms. The highest BCUT2D eigenvalue weighted by atomic mass is 19.1. The summed E-state index contributed by atoms with van der Waals surface area (Å²) in [6.07, 6.45) is 0. The Balaban J connectivity index is 1.92. The molecule has 4 aromatic rings. The van der Waals surface area contributed by atoms with Crippen LogP contribution in [-0.2, 0) is 0 Å². The summed E-state index contributed by atoms with van der Waals surface area (Å²) in [5.74, 6) is -0.0290. The van der Waals surface area contributed by atoms with E-state index in [2.05, 4.69) is 15.6 Å². The van der Waals surface area contributed by atoms with E-state index >= 15 is 0 Å². The predicted octanol–water partition coefficient (Wildman–Crippen LogP) is 2.63. The predicted molar refractivity (Wildman–Crippen MR) is 104 cm³/mol. The van der Waals surface area contributed by atoms with Crippen LogP contribution < -0.4 is 16.1 Å². The van der Waals surface area contributed by atoms with Gasteiger partial charge in [0.1, 0.15) is 11.4 Å². The Bertz CT molecular complexity index is 1190. The second-order valence-corrected chi connectivity index (χ2v) is 6.15. The number of para-hydroxylation sites is 1. The summed E-state index contributed by atoms with van der Waals surface area (Å²) >= 11 is 0.